The predicted octanol–water partition coefficient (Wildman–Crippen LogP) is 3.66. The highest BCUT2D eigenvalue weighted by atomic mass is 16.6. The number of benzene rings is 2. The second kappa shape index (κ2) is 9.34. The summed E-state index contributed by atoms with van der Waals surface area (Å²) >= 11 is 0. The summed E-state index contributed by atoms with van der Waals surface area (Å²) in [4.78, 5) is 10.1. The molecule has 3 rings (SSSR count). The standard InChI is InChI=1S/C14H11NO3.C6H4N2O/c16-14-9-5-12(6-10-14)2-1-11-3-7-13(8-4-11)15(17)18;7-5-6-1-3-8(9)4-2-6/h1-10,16H;1-4H/b2-1+;. The lowest BCUT2D eigenvalue weighted by atomic mass is 10.1. The lowest BCUT2D eigenvalue weighted by molar-refractivity contribution is -0.605. The van der Waals surface area contributed by atoms with E-state index in [0.29, 0.717) is 10.3 Å². The number of pyridine rings is 1. The molecular formula is C20H15N3O4. The van der Waals surface area contributed by atoms with E-state index in [-0.39, 0.29) is 11.4 Å². The van der Waals surface area contributed by atoms with Crippen LogP contribution >= 0.6 is 0 Å². The fraction of sp³-hybridized carbons (Fsp3) is 0. The summed E-state index contributed by atoms with van der Waals surface area (Å²) in [5.74, 6) is 0.225. The summed E-state index contributed by atoms with van der Waals surface area (Å²) in [6.45, 7) is 0. The van der Waals surface area contributed by atoms with E-state index in [0.717, 1.165) is 11.1 Å². The van der Waals surface area contributed by atoms with Crippen molar-refractivity contribution in [1.29, 1.82) is 5.26 Å². The van der Waals surface area contributed by atoms with Gasteiger partial charge in [0, 0.05) is 24.3 Å². The van der Waals surface area contributed by atoms with E-state index in [2.05, 4.69) is 0 Å². The molecule has 0 saturated carbocycles. The van der Waals surface area contributed by atoms with Gasteiger partial charge in [0.25, 0.3) is 5.69 Å². The first-order chi connectivity index (χ1) is 13.0. The van der Waals surface area contributed by atoms with Gasteiger partial charge in [0.05, 0.1) is 16.6 Å². The van der Waals surface area contributed by atoms with Crippen LogP contribution in [0.15, 0.2) is 73.1 Å². The van der Waals surface area contributed by atoms with E-state index in [1.807, 2.05) is 18.2 Å². The molecule has 0 bridgehead atoms. The minimum Gasteiger partial charge on any atom is -0.619 e. The van der Waals surface area contributed by atoms with Crippen molar-refractivity contribution in [2.75, 3.05) is 0 Å². The van der Waals surface area contributed by atoms with Gasteiger partial charge >= 0.3 is 0 Å². The van der Waals surface area contributed by atoms with Crippen LogP contribution < -0.4 is 4.73 Å². The molecule has 2 aromatic carbocycles. The molecule has 3 aromatic rings. The van der Waals surface area contributed by atoms with Crippen LogP contribution in [0, 0.1) is 26.7 Å². The summed E-state index contributed by atoms with van der Waals surface area (Å²) in [6.07, 6.45) is 6.31. The largest absolute Gasteiger partial charge is 0.619 e. The maximum atomic E-state index is 10.5. The quantitative estimate of drug-likeness (QED) is 0.251. The van der Waals surface area contributed by atoms with Gasteiger partial charge in [-0.2, -0.15) is 9.99 Å². The normalized spacial score (nSPS) is 9.89. The zero-order chi connectivity index (χ0) is 19.6. The summed E-state index contributed by atoms with van der Waals surface area (Å²) in [7, 11) is 0. The maximum absolute atomic E-state index is 10.5. The third kappa shape index (κ3) is 6.32. The number of phenols is 1. The Morgan fingerprint density at radius 3 is 1.85 bits per heavy atom. The van der Waals surface area contributed by atoms with Gasteiger partial charge in [-0.25, -0.2) is 0 Å². The van der Waals surface area contributed by atoms with Crippen LogP contribution in [0.5, 0.6) is 5.75 Å². The summed E-state index contributed by atoms with van der Waals surface area (Å²) in [5, 5.41) is 38.2. The topological polar surface area (TPSA) is 114 Å². The van der Waals surface area contributed by atoms with E-state index in [1.165, 1.54) is 36.7 Å². The maximum Gasteiger partial charge on any atom is 0.269 e. The highest BCUT2D eigenvalue weighted by Gasteiger charge is 2.02. The SMILES string of the molecule is N#Cc1cc[n+]([O-])cc1.O=[N+]([O-])c1ccc(/C=C/c2ccc(O)cc2)cc1. The molecule has 0 spiro atoms. The first-order valence-corrected chi connectivity index (χ1v) is 7.78. The fourth-order valence-electron chi connectivity index (χ4n) is 1.97. The number of hydrogen-bond acceptors (Lipinski definition) is 5. The first kappa shape index (κ1) is 19.1. The summed E-state index contributed by atoms with van der Waals surface area (Å²) in [5.41, 5.74) is 2.42. The van der Waals surface area contributed by atoms with Crippen LogP contribution in [0.25, 0.3) is 12.2 Å². The van der Waals surface area contributed by atoms with Gasteiger partial charge in [0.15, 0.2) is 12.4 Å². The van der Waals surface area contributed by atoms with Crippen molar-refractivity contribution < 1.29 is 14.8 Å². The van der Waals surface area contributed by atoms with Crippen molar-refractivity contribution in [2.45, 2.75) is 0 Å². The van der Waals surface area contributed by atoms with Crippen molar-refractivity contribution in [1.82, 2.24) is 0 Å². The Morgan fingerprint density at radius 2 is 1.41 bits per heavy atom. The van der Waals surface area contributed by atoms with Gasteiger partial charge < -0.3 is 10.3 Å². The van der Waals surface area contributed by atoms with Gasteiger partial charge in [0.2, 0.25) is 0 Å². The van der Waals surface area contributed by atoms with E-state index < -0.39 is 4.92 Å². The molecule has 0 aliphatic carbocycles. The molecule has 0 aliphatic rings. The number of hydrogen-bond donors (Lipinski definition) is 1. The van der Waals surface area contributed by atoms with Crippen molar-refractivity contribution >= 4 is 17.8 Å². The lowest BCUT2D eigenvalue weighted by Gasteiger charge is -1.95. The summed E-state index contributed by atoms with van der Waals surface area (Å²) in [6, 6.07) is 17.9. The number of nitriles is 1. The molecule has 0 saturated heterocycles. The fourth-order valence-corrected chi connectivity index (χ4v) is 1.97. The monoisotopic (exact) mass is 361 g/mol. The Balaban J connectivity index is 0.000000244. The molecule has 7 nitrogen and oxygen atoms in total. The molecular weight excluding hydrogens is 346 g/mol. The zero-order valence-corrected chi connectivity index (χ0v) is 14.1. The Morgan fingerprint density at radius 1 is 0.926 bits per heavy atom. The molecule has 0 radical (unpaired) electrons. The van der Waals surface area contributed by atoms with Crippen molar-refractivity contribution in [2.24, 2.45) is 0 Å². The summed E-state index contributed by atoms with van der Waals surface area (Å²) < 4.78 is 0.640. The van der Waals surface area contributed by atoms with E-state index in [4.69, 9.17) is 10.4 Å². The number of nitro groups is 1. The highest BCUT2D eigenvalue weighted by molar-refractivity contribution is 5.70. The van der Waals surface area contributed by atoms with Crippen LogP contribution in [0.2, 0.25) is 0 Å². The molecule has 1 N–H and O–H groups in total. The van der Waals surface area contributed by atoms with Gasteiger partial charge in [0.1, 0.15) is 5.75 Å². The molecule has 27 heavy (non-hydrogen) atoms. The number of aromatic nitrogens is 1. The van der Waals surface area contributed by atoms with E-state index in [1.54, 1.807) is 36.4 Å². The van der Waals surface area contributed by atoms with Gasteiger partial charge in [-0.15, -0.1) is 0 Å². The van der Waals surface area contributed by atoms with Crippen molar-refractivity contribution in [3.63, 3.8) is 0 Å². The van der Waals surface area contributed by atoms with Crippen LogP contribution in [0.4, 0.5) is 5.69 Å². The molecule has 0 amide bonds. The molecule has 1 aromatic heterocycles. The smallest absolute Gasteiger partial charge is 0.269 e. The number of rotatable bonds is 3. The van der Waals surface area contributed by atoms with Gasteiger partial charge in [-0.05, 0) is 35.4 Å². The molecule has 0 unspecified atom stereocenters. The average Bonchev–Trinajstić information content (AvgIpc) is 2.69. The molecule has 0 aliphatic heterocycles. The van der Waals surface area contributed by atoms with Gasteiger partial charge in [-0.1, -0.05) is 24.3 Å². The van der Waals surface area contributed by atoms with E-state index in [9.17, 15) is 15.3 Å². The third-order valence-corrected chi connectivity index (χ3v) is 3.40. The lowest BCUT2D eigenvalue weighted by Crippen LogP contribution is -2.23. The molecule has 134 valence electrons. The van der Waals surface area contributed by atoms with Gasteiger partial charge in [-0.3, -0.25) is 10.1 Å². The number of phenolic OH excluding ortho intramolecular Hbond substituents is 1. The van der Waals surface area contributed by atoms with Crippen LogP contribution in [0.3, 0.4) is 0 Å². The molecule has 7 heteroatoms. The third-order valence-electron chi connectivity index (χ3n) is 3.40. The minimum atomic E-state index is -0.423. The Hall–Kier alpha value is -4.18. The predicted molar refractivity (Wildman–Crippen MR) is 100 cm³/mol. The Bertz CT molecular complexity index is 958. The molecule has 0 fully saturated rings. The zero-order valence-electron chi connectivity index (χ0n) is 14.1. The molecule has 1 heterocycles. The second-order valence-corrected chi connectivity index (χ2v) is 5.33. The first-order valence-electron chi connectivity index (χ1n) is 7.78. The van der Waals surface area contributed by atoms with Crippen LogP contribution in [-0.4, -0.2) is 10.0 Å². The second-order valence-electron chi connectivity index (χ2n) is 5.33. The van der Waals surface area contributed by atoms with Crippen LogP contribution in [-0.2, 0) is 0 Å². The highest BCUT2D eigenvalue weighted by Crippen LogP contribution is 2.15. The number of nitrogens with zero attached hydrogens (tertiary/aromatic N) is 3. The number of aromatic hydroxyl groups is 1. The average molecular weight is 361 g/mol. The van der Waals surface area contributed by atoms with Crippen LogP contribution in [0.1, 0.15) is 16.7 Å². The Labute approximate surface area is 155 Å². The Kier molecular flexibility index (Phi) is 6.63. The number of nitro benzene ring substituents is 1. The minimum absolute atomic E-state index is 0.0804. The molecule has 0 atom stereocenters. The van der Waals surface area contributed by atoms with Crippen molar-refractivity contribution in [3.8, 4) is 11.8 Å². The number of non-ortho nitro benzene ring substituents is 1. The van der Waals surface area contributed by atoms with Crippen molar-refractivity contribution in [3.05, 3.63) is 105 Å². The van der Waals surface area contributed by atoms with E-state index >= 15 is 0 Å².